The van der Waals surface area contributed by atoms with Crippen LogP contribution in [0.25, 0.3) is 0 Å². The van der Waals surface area contributed by atoms with Crippen LogP contribution in [0.5, 0.6) is 0 Å². The number of nitrogens with zero attached hydrogens (tertiary/aromatic N) is 2. The number of aromatic nitrogens is 2. The third kappa shape index (κ3) is 1.72. The molecule has 64 valence electrons. The molecule has 0 aliphatic heterocycles. The Bertz CT molecular complexity index is 410. The summed E-state index contributed by atoms with van der Waals surface area (Å²) in [5.74, 6) is -0.260. The maximum Gasteiger partial charge on any atom is 0.349 e. The standard InChI is InChI=1S/C5H7N5O2/c6-4(7)9-10-2-1-3(11)8-5(10)12/h1-2H,(H4,6,7,9)(H,8,11,12). The van der Waals surface area contributed by atoms with E-state index in [0.717, 1.165) is 10.7 Å². The molecular formula is C5H7N5O2. The summed E-state index contributed by atoms with van der Waals surface area (Å²) in [6.07, 6.45) is 1.17. The molecule has 7 heteroatoms. The summed E-state index contributed by atoms with van der Waals surface area (Å²) >= 11 is 0. The molecule has 1 aromatic rings. The van der Waals surface area contributed by atoms with Gasteiger partial charge < -0.3 is 11.5 Å². The number of aromatic amines is 1. The summed E-state index contributed by atoms with van der Waals surface area (Å²) in [5, 5.41) is 3.41. The Morgan fingerprint density at radius 3 is 2.67 bits per heavy atom. The smallest absolute Gasteiger partial charge is 0.349 e. The van der Waals surface area contributed by atoms with Crippen LogP contribution in [0, 0.1) is 0 Å². The van der Waals surface area contributed by atoms with E-state index in [0.29, 0.717) is 0 Å². The summed E-state index contributed by atoms with van der Waals surface area (Å²) in [7, 11) is 0. The van der Waals surface area contributed by atoms with Crippen molar-refractivity contribution in [1.29, 1.82) is 0 Å². The van der Waals surface area contributed by atoms with Crippen LogP contribution in [0.3, 0.4) is 0 Å². The molecule has 0 amide bonds. The highest BCUT2D eigenvalue weighted by molar-refractivity contribution is 5.75. The molecule has 5 N–H and O–H groups in total. The lowest BCUT2D eigenvalue weighted by atomic mass is 10.7. The Hall–Kier alpha value is -2.05. The molecule has 7 nitrogen and oxygen atoms in total. The number of nitrogens with two attached hydrogens (primary N) is 2. The molecule has 0 bridgehead atoms. The summed E-state index contributed by atoms with van der Waals surface area (Å²) in [5.41, 5.74) is 8.83. The molecule has 0 radical (unpaired) electrons. The van der Waals surface area contributed by atoms with E-state index in [4.69, 9.17) is 11.5 Å². The number of rotatable bonds is 1. The van der Waals surface area contributed by atoms with Gasteiger partial charge in [0.1, 0.15) is 0 Å². The molecule has 0 fully saturated rings. The third-order valence-corrected chi connectivity index (χ3v) is 1.03. The Morgan fingerprint density at radius 1 is 1.50 bits per heavy atom. The van der Waals surface area contributed by atoms with Crippen molar-refractivity contribution < 1.29 is 0 Å². The first-order valence-corrected chi connectivity index (χ1v) is 3.01. The number of guanidine groups is 1. The Kier molecular flexibility index (Phi) is 1.95. The summed E-state index contributed by atoms with van der Waals surface area (Å²) < 4.78 is 0.830. The Balaban J connectivity index is 3.29. The molecule has 0 unspecified atom stereocenters. The van der Waals surface area contributed by atoms with Gasteiger partial charge in [0.05, 0.1) is 0 Å². The van der Waals surface area contributed by atoms with Crippen LogP contribution in [0.1, 0.15) is 0 Å². The molecule has 0 atom stereocenters. The lowest BCUT2D eigenvalue weighted by Crippen LogP contribution is -2.31. The molecule has 1 rings (SSSR count). The van der Waals surface area contributed by atoms with Gasteiger partial charge in [0.15, 0.2) is 0 Å². The molecule has 1 heterocycles. The van der Waals surface area contributed by atoms with Crippen LogP contribution in [0.2, 0.25) is 0 Å². The lowest BCUT2D eigenvalue weighted by molar-refractivity contribution is 0.770. The van der Waals surface area contributed by atoms with Crippen molar-refractivity contribution in [2.24, 2.45) is 16.6 Å². The maximum atomic E-state index is 10.9. The van der Waals surface area contributed by atoms with Crippen molar-refractivity contribution in [3.8, 4) is 0 Å². The van der Waals surface area contributed by atoms with Crippen LogP contribution in [0.15, 0.2) is 27.0 Å². The quantitative estimate of drug-likeness (QED) is 0.320. The van der Waals surface area contributed by atoms with Crippen molar-refractivity contribution in [2.45, 2.75) is 0 Å². The van der Waals surface area contributed by atoms with Gasteiger partial charge in [-0.3, -0.25) is 9.78 Å². The van der Waals surface area contributed by atoms with Gasteiger partial charge in [-0.05, 0) is 0 Å². The topological polar surface area (TPSA) is 119 Å². The predicted octanol–water partition coefficient (Wildman–Crippen LogP) is -2.43. The predicted molar refractivity (Wildman–Crippen MR) is 42.5 cm³/mol. The van der Waals surface area contributed by atoms with E-state index in [1.54, 1.807) is 0 Å². The van der Waals surface area contributed by atoms with Gasteiger partial charge in [0.2, 0.25) is 5.96 Å². The first-order chi connectivity index (χ1) is 5.59. The molecule has 0 aliphatic carbocycles. The molecular weight excluding hydrogens is 162 g/mol. The molecule has 0 saturated heterocycles. The van der Waals surface area contributed by atoms with Crippen molar-refractivity contribution in [3.63, 3.8) is 0 Å². The zero-order chi connectivity index (χ0) is 9.14. The minimum atomic E-state index is -0.684. The summed E-state index contributed by atoms with van der Waals surface area (Å²) in [6.45, 7) is 0. The van der Waals surface area contributed by atoms with Crippen LogP contribution >= 0.6 is 0 Å². The average Bonchev–Trinajstić information content (AvgIpc) is 1.94. The molecule has 0 aliphatic rings. The number of hydrogen-bond acceptors (Lipinski definition) is 3. The zero-order valence-corrected chi connectivity index (χ0v) is 6.02. The van der Waals surface area contributed by atoms with Gasteiger partial charge in [0.25, 0.3) is 5.56 Å². The highest BCUT2D eigenvalue weighted by atomic mass is 16.2. The second-order valence-electron chi connectivity index (χ2n) is 1.98. The number of hydrogen-bond donors (Lipinski definition) is 3. The monoisotopic (exact) mass is 169 g/mol. The Labute approximate surface area is 66.3 Å². The first kappa shape index (κ1) is 8.05. The van der Waals surface area contributed by atoms with Crippen molar-refractivity contribution >= 4 is 5.96 Å². The molecule has 0 spiro atoms. The molecule has 12 heavy (non-hydrogen) atoms. The molecule has 0 aromatic carbocycles. The maximum absolute atomic E-state index is 10.9. The minimum Gasteiger partial charge on any atom is -0.369 e. The third-order valence-electron chi connectivity index (χ3n) is 1.03. The van der Waals surface area contributed by atoms with Crippen LogP contribution in [-0.4, -0.2) is 15.6 Å². The highest BCUT2D eigenvalue weighted by Gasteiger charge is 1.92. The first-order valence-electron chi connectivity index (χ1n) is 3.01. The van der Waals surface area contributed by atoms with E-state index in [2.05, 4.69) is 5.10 Å². The van der Waals surface area contributed by atoms with Crippen LogP contribution in [0.4, 0.5) is 0 Å². The largest absolute Gasteiger partial charge is 0.369 e. The lowest BCUT2D eigenvalue weighted by Gasteiger charge is -1.94. The van der Waals surface area contributed by atoms with E-state index in [1.807, 2.05) is 4.98 Å². The second kappa shape index (κ2) is 2.91. The van der Waals surface area contributed by atoms with E-state index in [9.17, 15) is 9.59 Å². The summed E-state index contributed by atoms with van der Waals surface area (Å²) in [6, 6.07) is 1.13. The highest BCUT2D eigenvalue weighted by Crippen LogP contribution is 1.71. The SMILES string of the molecule is NC(N)=Nn1ccc(=O)[nH]c1=O. The average molecular weight is 169 g/mol. The van der Waals surface area contributed by atoms with E-state index < -0.39 is 11.2 Å². The van der Waals surface area contributed by atoms with Gasteiger partial charge in [0, 0.05) is 12.3 Å². The second-order valence-corrected chi connectivity index (χ2v) is 1.98. The fraction of sp³-hybridized carbons (Fsp3) is 0. The Morgan fingerprint density at radius 2 is 2.17 bits per heavy atom. The van der Waals surface area contributed by atoms with Crippen LogP contribution in [-0.2, 0) is 0 Å². The van der Waals surface area contributed by atoms with E-state index in [1.165, 1.54) is 6.20 Å². The molecule has 1 aromatic heterocycles. The molecule has 0 saturated carbocycles. The zero-order valence-electron chi connectivity index (χ0n) is 6.02. The van der Waals surface area contributed by atoms with Crippen molar-refractivity contribution in [2.75, 3.05) is 0 Å². The summed E-state index contributed by atoms with van der Waals surface area (Å²) in [4.78, 5) is 23.4. The van der Waals surface area contributed by atoms with Gasteiger partial charge in [-0.2, -0.15) is 4.68 Å². The van der Waals surface area contributed by atoms with Gasteiger partial charge in [-0.25, -0.2) is 4.79 Å². The fourth-order valence-electron chi connectivity index (χ4n) is 0.613. The van der Waals surface area contributed by atoms with Crippen LogP contribution < -0.4 is 22.7 Å². The van der Waals surface area contributed by atoms with E-state index >= 15 is 0 Å². The van der Waals surface area contributed by atoms with Crippen molar-refractivity contribution in [1.82, 2.24) is 9.66 Å². The number of H-pyrrole nitrogens is 1. The van der Waals surface area contributed by atoms with E-state index in [-0.39, 0.29) is 5.96 Å². The van der Waals surface area contributed by atoms with Crippen molar-refractivity contribution in [3.05, 3.63) is 33.1 Å². The normalized spacial score (nSPS) is 9.33. The van der Waals surface area contributed by atoms with Gasteiger partial charge in [-0.15, -0.1) is 5.10 Å². The number of nitrogens with one attached hydrogen (secondary N) is 1. The van der Waals surface area contributed by atoms with Gasteiger partial charge in [-0.1, -0.05) is 0 Å². The fourth-order valence-corrected chi connectivity index (χ4v) is 0.613. The van der Waals surface area contributed by atoms with Gasteiger partial charge >= 0.3 is 5.69 Å². The minimum absolute atomic E-state index is 0.260.